The Kier molecular flexibility index (Phi) is 6.56. The quantitative estimate of drug-likeness (QED) is 0.353. The molecule has 2 amide bonds. The normalized spacial score (nSPS) is 10.9. The molecule has 0 aliphatic carbocycles. The zero-order valence-corrected chi connectivity index (χ0v) is 17.6. The summed E-state index contributed by atoms with van der Waals surface area (Å²) in [5, 5.41) is 6.42. The van der Waals surface area contributed by atoms with Gasteiger partial charge in [0.2, 0.25) is 0 Å². The maximum atomic E-state index is 11.9. The number of nitrogens with zero attached hydrogens (tertiary/aromatic N) is 3. The van der Waals surface area contributed by atoms with Gasteiger partial charge in [-0.05, 0) is 50.2 Å². The number of halogens is 1. The summed E-state index contributed by atoms with van der Waals surface area (Å²) < 4.78 is 3.08. The molecule has 0 spiro atoms. The molecule has 0 saturated heterocycles. The standard InChI is InChI=1S/C21H20BrN5O2/c1-14-10-16(15(2)27(14)19-8-5-6-17(22)11-19)12-25-26-21(29)20(28)24-13-18-7-3-4-9-23-18/h3-12H,13H2,1-2H3,(H,24,28)(H,26,29)/b25-12+. The van der Waals surface area contributed by atoms with Gasteiger partial charge in [-0.25, -0.2) is 5.43 Å². The summed E-state index contributed by atoms with van der Waals surface area (Å²) in [6.07, 6.45) is 3.15. The van der Waals surface area contributed by atoms with Crippen LogP contribution in [0.1, 0.15) is 22.6 Å². The maximum absolute atomic E-state index is 11.9. The molecular formula is C21H20BrN5O2. The highest BCUT2D eigenvalue weighted by molar-refractivity contribution is 9.10. The van der Waals surface area contributed by atoms with Crippen molar-refractivity contribution in [1.82, 2.24) is 20.3 Å². The third kappa shape index (κ3) is 5.17. The second kappa shape index (κ2) is 9.29. The van der Waals surface area contributed by atoms with Crippen molar-refractivity contribution >= 4 is 34.0 Å². The van der Waals surface area contributed by atoms with E-state index in [1.54, 1.807) is 18.3 Å². The van der Waals surface area contributed by atoms with E-state index in [1.807, 2.05) is 50.2 Å². The van der Waals surface area contributed by atoms with E-state index in [9.17, 15) is 9.59 Å². The fourth-order valence-corrected chi connectivity index (χ4v) is 3.28. The van der Waals surface area contributed by atoms with Crippen molar-refractivity contribution in [3.63, 3.8) is 0 Å². The number of rotatable bonds is 5. The number of aryl methyl sites for hydroxylation is 1. The van der Waals surface area contributed by atoms with E-state index in [0.717, 1.165) is 27.1 Å². The maximum Gasteiger partial charge on any atom is 0.329 e. The van der Waals surface area contributed by atoms with E-state index >= 15 is 0 Å². The van der Waals surface area contributed by atoms with Crippen molar-refractivity contribution in [1.29, 1.82) is 0 Å². The van der Waals surface area contributed by atoms with Gasteiger partial charge in [0.25, 0.3) is 0 Å². The molecule has 148 valence electrons. The van der Waals surface area contributed by atoms with Crippen molar-refractivity contribution in [2.75, 3.05) is 0 Å². The van der Waals surface area contributed by atoms with E-state index in [0.29, 0.717) is 5.69 Å². The Morgan fingerprint density at radius 3 is 2.69 bits per heavy atom. The summed E-state index contributed by atoms with van der Waals surface area (Å²) in [6, 6.07) is 15.3. The molecule has 8 heteroatoms. The minimum absolute atomic E-state index is 0.171. The largest absolute Gasteiger partial charge is 0.342 e. The second-order valence-electron chi connectivity index (χ2n) is 6.34. The average molecular weight is 454 g/mol. The first-order valence-corrected chi connectivity index (χ1v) is 9.71. The molecule has 7 nitrogen and oxygen atoms in total. The third-order valence-electron chi connectivity index (χ3n) is 4.27. The van der Waals surface area contributed by atoms with Crippen molar-refractivity contribution in [3.8, 4) is 5.69 Å². The van der Waals surface area contributed by atoms with Crippen LogP contribution in [0.5, 0.6) is 0 Å². The highest BCUT2D eigenvalue weighted by atomic mass is 79.9. The lowest BCUT2D eigenvalue weighted by molar-refractivity contribution is -0.139. The number of amides is 2. The zero-order valence-electron chi connectivity index (χ0n) is 16.0. The number of hydrogen-bond acceptors (Lipinski definition) is 4. The Labute approximate surface area is 177 Å². The van der Waals surface area contributed by atoms with Gasteiger partial charge in [0.15, 0.2) is 0 Å². The first-order chi connectivity index (χ1) is 14.0. The molecule has 0 atom stereocenters. The lowest BCUT2D eigenvalue weighted by Gasteiger charge is -2.09. The molecular weight excluding hydrogens is 434 g/mol. The fourth-order valence-electron chi connectivity index (χ4n) is 2.90. The van der Waals surface area contributed by atoms with Crippen LogP contribution in [0, 0.1) is 13.8 Å². The van der Waals surface area contributed by atoms with Crippen LogP contribution in [0.4, 0.5) is 0 Å². The van der Waals surface area contributed by atoms with E-state index in [1.165, 1.54) is 6.21 Å². The Morgan fingerprint density at radius 1 is 1.14 bits per heavy atom. The fraction of sp³-hybridized carbons (Fsp3) is 0.143. The van der Waals surface area contributed by atoms with E-state index in [-0.39, 0.29) is 6.54 Å². The van der Waals surface area contributed by atoms with Gasteiger partial charge >= 0.3 is 11.8 Å². The minimum atomic E-state index is -0.835. The minimum Gasteiger partial charge on any atom is -0.342 e. The number of benzene rings is 1. The molecule has 0 unspecified atom stereocenters. The predicted octanol–water partition coefficient (Wildman–Crippen LogP) is 3.02. The van der Waals surface area contributed by atoms with Crippen LogP contribution in [0.25, 0.3) is 5.69 Å². The summed E-state index contributed by atoms with van der Waals surface area (Å²) in [4.78, 5) is 27.9. The summed E-state index contributed by atoms with van der Waals surface area (Å²) in [5.41, 5.74) is 6.78. The number of carbonyl (C=O) groups excluding carboxylic acids is 2. The third-order valence-corrected chi connectivity index (χ3v) is 4.76. The van der Waals surface area contributed by atoms with Crippen LogP contribution in [-0.4, -0.2) is 27.6 Å². The van der Waals surface area contributed by atoms with E-state index < -0.39 is 11.8 Å². The van der Waals surface area contributed by atoms with Gasteiger partial charge in [-0.2, -0.15) is 5.10 Å². The van der Waals surface area contributed by atoms with Crippen LogP contribution < -0.4 is 10.7 Å². The molecule has 0 saturated carbocycles. The molecule has 3 aromatic rings. The van der Waals surface area contributed by atoms with E-state index in [2.05, 4.69) is 41.3 Å². The Morgan fingerprint density at radius 2 is 1.97 bits per heavy atom. The molecule has 0 bridgehead atoms. The Bertz CT molecular complexity index is 1060. The number of pyridine rings is 1. The average Bonchev–Trinajstić information content (AvgIpc) is 3.00. The van der Waals surface area contributed by atoms with Crippen molar-refractivity contribution < 1.29 is 9.59 Å². The monoisotopic (exact) mass is 453 g/mol. The smallest absolute Gasteiger partial charge is 0.329 e. The molecule has 1 aromatic carbocycles. The lowest BCUT2D eigenvalue weighted by Crippen LogP contribution is -2.37. The van der Waals surface area contributed by atoms with Crippen molar-refractivity contribution in [3.05, 3.63) is 81.8 Å². The van der Waals surface area contributed by atoms with Gasteiger partial charge in [0.05, 0.1) is 18.5 Å². The molecule has 29 heavy (non-hydrogen) atoms. The molecule has 3 rings (SSSR count). The molecule has 0 aliphatic rings. The summed E-state index contributed by atoms with van der Waals surface area (Å²) in [6.45, 7) is 4.14. The van der Waals surface area contributed by atoms with Crippen molar-refractivity contribution in [2.45, 2.75) is 20.4 Å². The van der Waals surface area contributed by atoms with E-state index in [4.69, 9.17) is 0 Å². The van der Waals surface area contributed by atoms with Crippen LogP contribution in [0.15, 0.2) is 64.3 Å². The Balaban J connectivity index is 1.62. The first kappa shape index (κ1) is 20.5. The zero-order chi connectivity index (χ0) is 20.8. The highest BCUT2D eigenvalue weighted by Gasteiger charge is 2.13. The topological polar surface area (TPSA) is 88.4 Å². The molecule has 0 radical (unpaired) electrons. The summed E-state index contributed by atoms with van der Waals surface area (Å²) in [5.74, 6) is -1.61. The number of carbonyl (C=O) groups is 2. The molecule has 2 N–H and O–H groups in total. The summed E-state index contributed by atoms with van der Waals surface area (Å²) in [7, 11) is 0. The van der Waals surface area contributed by atoms with Crippen molar-refractivity contribution in [2.24, 2.45) is 5.10 Å². The predicted molar refractivity (Wildman–Crippen MR) is 115 cm³/mol. The van der Waals surface area contributed by atoms with Gasteiger partial charge in [-0.15, -0.1) is 0 Å². The number of hydrogen-bond donors (Lipinski definition) is 2. The first-order valence-electron chi connectivity index (χ1n) is 8.91. The Hall–Kier alpha value is -3.26. The second-order valence-corrected chi connectivity index (χ2v) is 7.26. The van der Waals surface area contributed by atoms with Gasteiger partial charge in [0.1, 0.15) is 0 Å². The molecule has 2 aromatic heterocycles. The van der Waals surface area contributed by atoms with Gasteiger partial charge < -0.3 is 9.88 Å². The lowest BCUT2D eigenvalue weighted by atomic mass is 10.2. The molecule has 0 aliphatic heterocycles. The number of nitrogens with one attached hydrogen (secondary N) is 2. The number of hydrazone groups is 1. The highest BCUT2D eigenvalue weighted by Crippen LogP contribution is 2.22. The number of aromatic nitrogens is 2. The summed E-state index contributed by atoms with van der Waals surface area (Å²) >= 11 is 3.49. The van der Waals surface area contributed by atoms with Gasteiger partial charge in [-0.3, -0.25) is 14.6 Å². The van der Waals surface area contributed by atoms with Gasteiger partial charge in [0, 0.05) is 33.3 Å². The van der Waals surface area contributed by atoms with Crippen LogP contribution >= 0.6 is 15.9 Å². The van der Waals surface area contributed by atoms with Crippen LogP contribution in [-0.2, 0) is 16.1 Å². The van der Waals surface area contributed by atoms with Gasteiger partial charge in [-0.1, -0.05) is 28.1 Å². The van der Waals surface area contributed by atoms with Crippen LogP contribution in [0.3, 0.4) is 0 Å². The SMILES string of the molecule is Cc1cc(/C=N/NC(=O)C(=O)NCc2ccccn2)c(C)n1-c1cccc(Br)c1. The van der Waals surface area contributed by atoms with Crippen LogP contribution in [0.2, 0.25) is 0 Å². The molecule has 0 fully saturated rings. The molecule has 2 heterocycles.